The lowest BCUT2D eigenvalue weighted by molar-refractivity contribution is -0.129. The quantitative estimate of drug-likeness (QED) is 0.887. The average Bonchev–Trinajstić information content (AvgIpc) is 3.01. The zero-order chi connectivity index (χ0) is 15.2. The summed E-state index contributed by atoms with van der Waals surface area (Å²) in [7, 11) is 3.47. The average molecular weight is 290 g/mol. The maximum Gasteiger partial charge on any atom is 0.253 e. The van der Waals surface area contributed by atoms with Crippen LogP contribution in [0, 0.1) is 0 Å². The molecule has 0 saturated carbocycles. The van der Waals surface area contributed by atoms with Gasteiger partial charge in [-0.3, -0.25) is 9.59 Å². The molecule has 21 heavy (non-hydrogen) atoms. The molecule has 114 valence electrons. The highest BCUT2D eigenvalue weighted by atomic mass is 16.5. The SMILES string of the molecule is CN(C)C(=O)c1cccc(CCNC(=O)C2CCCO2)c1. The van der Waals surface area contributed by atoms with Gasteiger partial charge < -0.3 is 15.0 Å². The molecular formula is C16H22N2O3. The first-order valence-corrected chi connectivity index (χ1v) is 7.28. The largest absolute Gasteiger partial charge is 0.368 e. The Bertz CT molecular complexity index is 508. The highest BCUT2D eigenvalue weighted by Gasteiger charge is 2.22. The summed E-state index contributed by atoms with van der Waals surface area (Å²) >= 11 is 0. The summed E-state index contributed by atoms with van der Waals surface area (Å²) in [6.45, 7) is 1.23. The molecule has 1 heterocycles. The van der Waals surface area contributed by atoms with Crippen molar-refractivity contribution < 1.29 is 14.3 Å². The van der Waals surface area contributed by atoms with E-state index >= 15 is 0 Å². The molecule has 2 amide bonds. The maximum absolute atomic E-state index is 11.9. The van der Waals surface area contributed by atoms with Crippen molar-refractivity contribution >= 4 is 11.8 Å². The molecule has 1 aliphatic heterocycles. The fourth-order valence-electron chi connectivity index (χ4n) is 2.35. The molecule has 1 aromatic carbocycles. The van der Waals surface area contributed by atoms with Crippen molar-refractivity contribution in [2.75, 3.05) is 27.2 Å². The molecule has 1 saturated heterocycles. The van der Waals surface area contributed by atoms with Crippen molar-refractivity contribution in [1.29, 1.82) is 0 Å². The second-order valence-electron chi connectivity index (χ2n) is 5.44. The molecule has 2 rings (SSSR count). The summed E-state index contributed by atoms with van der Waals surface area (Å²) in [6.07, 6.45) is 2.17. The van der Waals surface area contributed by atoms with Crippen molar-refractivity contribution in [3.05, 3.63) is 35.4 Å². The summed E-state index contributed by atoms with van der Waals surface area (Å²) in [6, 6.07) is 7.51. The van der Waals surface area contributed by atoms with E-state index in [0.717, 1.165) is 18.4 Å². The van der Waals surface area contributed by atoms with Crippen LogP contribution >= 0.6 is 0 Å². The van der Waals surface area contributed by atoms with E-state index in [1.165, 1.54) is 0 Å². The first-order chi connectivity index (χ1) is 10.1. The minimum Gasteiger partial charge on any atom is -0.368 e. The van der Waals surface area contributed by atoms with Crippen LogP contribution < -0.4 is 5.32 Å². The number of nitrogens with zero attached hydrogens (tertiary/aromatic N) is 1. The lowest BCUT2D eigenvalue weighted by Crippen LogP contribution is -2.35. The molecule has 1 aromatic rings. The fraction of sp³-hybridized carbons (Fsp3) is 0.500. The Morgan fingerprint density at radius 3 is 2.86 bits per heavy atom. The summed E-state index contributed by atoms with van der Waals surface area (Å²) in [5.74, 6) is -0.0479. The maximum atomic E-state index is 11.9. The number of hydrogen-bond acceptors (Lipinski definition) is 3. The van der Waals surface area contributed by atoms with Gasteiger partial charge in [0, 0.05) is 32.8 Å². The summed E-state index contributed by atoms with van der Waals surface area (Å²) < 4.78 is 5.33. The van der Waals surface area contributed by atoms with Crippen molar-refractivity contribution in [3.8, 4) is 0 Å². The summed E-state index contributed by atoms with van der Waals surface area (Å²) in [5, 5.41) is 2.89. The van der Waals surface area contributed by atoms with Crippen LogP contribution in [0.1, 0.15) is 28.8 Å². The second kappa shape index (κ2) is 7.22. The Labute approximate surface area is 125 Å². The number of amides is 2. The van der Waals surface area contributed by atoms with Crippen molar-refractivity contribution in [3.63, 3.8) is 0 Å². The van der Waals surface area contributed by atoms with E-state index in [-0.39, 0.29) is 17.9 Å². The van der Waals surface area contributed by atoms with Crippen LogP contribution in [0.25, 0.3) is 0 Å². The molecule has 0 spiro atoms. The second-order valence-corrected chi connectivity index (χ2v) is 5.44. The Hall–Kier alpha value is -1.88. The number of carbonyl (C=O) groups is 2. The highest BCUT2D eigenvalue weighted by molar-refractivity contribution is 5.94. The third kappa shape index (κ3) is 4.29. The molecule has 1 aliphatic rings. The number of rotatable bonds is 5. The van der Waals surface area contributed by atoms with Crippen molar-refractivity contribution in [1.82, 2.24) is 10.2 Å². The van der Waals surface area contributed by atoms with E-state index in [2.05, 4.69) is 5.32 Å². The van der Waals surface area contributed by atoms with E-state index in [1.807, 2.05) is 18.2 Å². The molecule has 0 aromatic heterocycles. The molecule has 5 heteroatoms. The van der Waals surface area contributed by atoms with Gasteiger partial charge in [0.15, 0.2) is 0 Å². The number of benzene rings is 1. The summed E-state index contributed by atoms with van der Waals surface area (Å²) in [4.78, 5) is 25.2. The van der Waals surface area contributed by atoms with Gasteiger partial charge in [0.25, 0.3) is 5.91 Å². The molecule has 0 aliphatic carbocycles. The molecule has 5 nitrogen and oxygen atoms in total. The molecule has 1 N–H and O–H groups in total. The van der Waals surface area contributed by atoms with Gasteiger partial charge in [-0.25, -0.2) is 0 Å². The Morgan fingerprint density at radius 1 is 1.38 bits per heavy atom. The number of hydrogen-bond donors (Lipinski definition) is 1. The lowest BCUT2D eigenvalue weighted by atomic mass is 10.1. The van der Waals surface area contributed by atoms with E-state index in [9.17, 15) is 9.59 Å². The zero-order valence-corrected chi connectivity index (χ0v) is 12.6. The van der Waals surface area contributed by atoms with E-state index in [4.69, 9.17) is 4.74 Å². The van der Waals surface area contributed by atoms with E-state index in [0.29, 0.717) is 25.1 Å². The normalized spacial score (nSPS) is 17.5. The topological polar surface area (TPSA) is 58.6 Å². The van der Waals surface area contributed by atoms with Gasteiger partial charge in [-0.2, -0.15) is 0 Å². The monoisotopic (exact) mass is 290 g/mol. The van der Waals surface area contributed by atoms with Crippen LogP contribution in [0.2, 0.25) is 0 Å². The zero-order valence-electron chi connectivity index (χ0n) is 12.6. The van der Waals surface area contributed by atoms with Crippen LogP contribution in [-0.4, -0.2) is 50.1 Å². The Kier molecular flexibility index (Phi) is 5.33. The van der Waals surface area contributed by atoms with Crippen LogP contribution in [-0.2, 0) is 16.0 Å². The lowest BCUT2D eigenvalue weighted by Gasteiger charge is -2.12. The third-order valence-electron chi connectivity index (χ3n) is 3.52. The standard InChI is InChI=1S/C16H22N2O3/c1-18(2)16(20)13-6-3-5-12(11-13)8-9-17-15(19)14-7-4-10-21-14/h3,5-6,11,14H,4,7-10H2,1-2H3,(H,17,19). The van der Waals surface area contributed by atoms with Crippen LogP contribution in [0.5, 0.6) is 0 Å². The predicted octanol–water partition coefficient (Wildman–Crippen LogP) is 1.23. The molecule has 1 atom stereocenters. The summed E-state index contributed by atoms with van der Waals surface area (Å²) in [5.41, 5.74) is 1.71. The Morgan fingerprint density at radius 2 is 2.19 bits per heavy atom. The van der Waals surface area contributed by atoms with Gasteiger partial charge in [0.2, 0.25) is 5.91 Å². The minimum absolute atomic E-state index is 0.0137. The van der Waals surface area contributed by atoms with Crippen LogP contribution in [0.15, 0.2) is 24.3 Å². The van der Waals surface area contributed by atoms with Gasteiger partial charge in [-0.05, 0) is 37.0 Å². The van der Waals surface area contributed by atoms with Crippen LogP contribution in [0.3, 0.4) is 0 Å². The van der Waals surface area contributed by atoms with Gasteiger partial charge in [-0.1, -0.05) is 12.1 Å². The third-order valence-corrected chi connectivity index (χ3v) is 3.52. The molecular weight excluding hydrogens is 268 g/mol. The fourth-order valence-corrected chi connectivity index (χ4v) is 2.35. The minimum atomic E-state index is -0.286. The van der Waals surface area contributed by atoms with Crippen molar-refractivity contribution in [2.24, 2.45) is 0 Å². The molecule has 0 radical (unpaired) electrons. The number of nitrogens with one attached hydrogen (secondary N) is 1. The van der Waals surface area contributed by atoms with Crippen LogP contribution in [0.4, 0.5) is 0 Å². The van der Waals surface area contributed by atoms with E-state index < -0.39 is 0 Å². The molecule has 1 unspecified atom stereocenters. The first kappa shape index (κ1) is 15.5. The number of ether oxygens (including phenoxy) is 1. The predicted molar refractivity (Wildman–Crippen MR) is 80.1 cm³/mol. The van der Waals surface area contributed by atoms with Gasteiger partial charge in [0.05, 0.1) is 0 Å². The van der Waals surface area contributed by atoms with Gasteiger partial charge >= 0.3 is 0 Å². The Balaban J connectivity index is 1.84. The number of carbonyl (C=O) groups excluding carboxylic acids is 2. The van der Waals surface area contributed by atoms with Gasteiger partial charge in [-0.15, -0.1) is 0 Å². The highest BCUT2D eigenvalue weighted by Crippen LogP contribution is 2.12. The molecule has 1 fully saturated rings. The molecule has 0 bridgehead atoms. The van der Waals surface area contributed by atoms with E-state index in [1.54, 1.807) is 25.1 Å². The first-order valence-electron chi connectivity index (χ1n) is 7.28. The van der Waals surface area contributed by atoms with Crippen molar-refractivity contribution in [2.45, 2.75) is 25.4 Å². The smallest absolute Gasteiger partial charge is 0.253 e. The van der Waals surface area contributed by atoms with Gasteiger partial charge in [0.1, 0.15) is 6.10 Å².